The van der Waals surface area contributed by atoms with Gasteiger partial charge in [-0.2, -0.15) is 19.9 Å². The number of carbonyl (C=O) groups excluding carboxylic acids is 3. The Balaban J connectivity index is 0.000000196. The van der Waals surface area contributed by atoms with Crippen LogP contribution in [0.4, 0.5) is 32.9 Å². The van der Waals surface area contributed by atoms with E-state index >= 15 is 0 Å². The van der Waals surface area contributed by atoms with Crippen LogP contribution in [-0.4, -0.2) is 304 Å². The topological polar surface area (TPSA) is 407 Å². The number of carbonyl (C=O) groups is 3. The van der Waals surface area contributed by atoms with E-state index in [1.807, 2.05) is 110 Å². The quantitative estimate of drug-likeness (QED) is 0.0152. The van der Waals surface area contributed by atoms with Gasteiger partial charge in [0.15, 0.2) is 55.0 Å². The molecule has 2 amide bonds. The molecule has 0 spiro atoms. The van der Waals surface area contributed by atoms with Crippen molar-refractivity contribution in [3.63, 3.8) is 0 Å². The van der Waals surface area contributed by atoms with Gasteiger partial charge in [0.25, 0.3) is 0 Å². The van der Waals surface area contributed by atoms with Crippen LogP contribution in [0.2, 0.25) is 2.82 Å². The van der Waals surface area contributed by atoms with Crippen LogP contribution in [0.1, 0.15) is 227 Å². The number of amides is 2. The number of likely N-dealkylation sites (tertiary alicyclic amines) is 3. The number of imidazole rings is 4. The van der Waals surface area contributed by atoms with Gasteiger partial charge in [-0.1, -0.05) is 53.4 Å². The standard InChI is InChI=1S/C23H38B2N7O3.2C17H29N7O.C12H16B2N5O2.C11H22N2O2/c1-7-8-16(2)34-21-28-19(27-15-25-24)20-26-13-18(32(20)29-21)14-31-11-9-17(10-12-31)30(6)22(33)35-23(3,4)5;2*1-4-5-12(2)25-17-21-15(18)16-20-10-14(24(16)22-17)11-23-8-6-13(19-3)7-9-23;1-3-4-8(2)21-12-17-10(16-7-14-13)11-15-5-9(6-20)19(11)18-12;1-11(2,3)15-10(14)13(4)9-5-7-12-8-6-9/h13,16-17H,7-12,14-15H2,1-6H3,(H,27,28,29);2*10,12-13,19H,4-9,11H2,1-3H3,(H2,18,21,22);5-6,8H,3-4,7H2,1-2H3,(H,16,17,18);9,12H,5-8H2,1-4H3/i/hD2. The second-order valence-corrected chi connectivity index (χ2v) is 33.4. The van der Waals surface area contributed by atoms with E-state index in [1.165, 1.54) is 30.4 Å². The summed E-state index contributed by atoms with van der Waals surface area (Å²) in [5.74, 6) is 1.28. The van der Waals surface area contributed by atoms with Gasteiger partial charge in [0.05, 0.1) is 80.6 Å². The Morgan fingerprint density at radius 2 is 0.835 bits per heavy atom. The molecule has 4 aliphatic heterocycles. The third-order valence-corrected chi connectivity index (χ3v) is 20.9. The summed E-state index contributed by atoms with van der Waals surface area (Å²) < 4.78 is 57.0. The fraction of sp³-hybridized carbons (Fsp3) is 0.713. The lowest BCUT2D eigenvalue weighted by Gasteiger charge is -2.37. The molecule has 37 nitrogen and oxygen atoms in total. The van der Waals surface area contributed by atoms with Gasteiger partial charge in [0, 0.05) is 113 Å². The molecule has 8 aromatic rings. The zero-order valence-corrected chi connectivity index (χ0v) is 74.9. The van der Waals surface area contributed by atoms with E-state index in [0.29, 0.717) is 83.0 Å². The first-order valence-electron chi connectivity index (χ1n) is 44.0. The van der Waals surface area contributed by atoms with Gasteiger partial charge in [-0.25, -0.2) is 47.6 Å². The maximum Gasteiger partial charge on any atom is 0.410 e. The molecule has 0 aliphatic carbocycles. The largest absolute Gasteiger partial charge is 0.459 e. The molecular weight excluding hydrogens is 1540 g/mol. The van der Waals surface area contributed by atoms with E-state index in [4.69, 9.17) is 58.2 Å². The lowest BCUT2D eigenvalue weighted by atomic mass is 9.56. The zero-order valence-electron chi connectivity index (χ0n) is 76.9. The Bertz CT molecular complexity index is 4410. The molecule has 4 unspecified atom stereocenters. The van der Waals surface area contributed by atoms with Crippen LogP contribution < -0.4 is 57.0 Å². The number of nitrogen functional groups attached to an aromatic ring is 2. The van der Waals surface area contributed by atoms with Crippen LogP contribution in [0.3, 0.4) is 0 Å². The van der Waals surface area contributed by atoms with Crippen molar-refractivity contribution in [1.29, 1.82) is 0 Å². The fourth-order valence-corrected chi connectivity index (χ4v) is 14.4. The predicted molar refractivity (Wildman–Crippen MR) is 474 cm³/mol. The minimum atomic E-state index is -0.510. The van der Waals surface area contributed by atoms with E-state index in [-0.39, 0.29) is 79.1 Å². The summed E-state index contributed by atoms with van der Waals surface area (Å²) in [6.07, 6.45) is 23.4. The van der Waals surface area contributed by atoms with Crippen LogP contribution in [0, 0.1) is 0 Å². The van der Waals surface area contributed by atoms with Crippen molar-refractivity contribution >= 4 is 94.1 Å². The van der Waals surface area contributed by atoms with Gasteiger partial charge in [0.2, 0.25) is 0 Å². The molecule has 4 aliphatic rings. The van der Waals surface area contributed by atoms with Crippen LogP contribution in [0.25, 0.3) is 22.6 Å². The molecule has 8 aromatic heterocycles. The number of fused-ring (bicyclic) bond motifs is 4. The van der Waals surface area contributed by atoms with Crippen LogP contribution in [-0.2, 0) is 29.1 Å². The van der Waals surface area contributed by atoms with Gasteiger partial charge in [0.1, 0.15) is 16.9 Å². The van der Waals surface area contributed by atoms with Gasteiger partial charge in [-0.3, -0.25) is 19.5 Å². The first-order chi connectivity index (χ1) is 58.7. The molecule has 4 fully saturated rings. The van der Waals surface area contributed by atoms with Crippen molar-refractivity contribution < 1.29 is 45.6 Å². The Kier molecular flexibility index (Phi) is 37.3. The normalized spacial score (nSPS) is 16.7. The van der Waals surface area contributed by atoms with Gasteiger partial charge >= 0.3 is 36.2 Å². The smallest absolute Gasteiger partial charge is 0.410 e. The van der Waals surface area contributed by atoms with E-state index < -0.39 is 11.2 Å². The highest BCUT2D eigenvalue weighted by molar-refractivity contribution is 6.90. The molecule has 0 bridgehead atoms. The van der Waals surface area contributed by atoms with Crippen molar-refractivity contribution in [2.24, 2.45) is 0 Å². The third kappa shape index (κ3) is 30.1. The highest BCUT2D eigenvalue weighted by Crippen LogP contribution is 2.27. The van der Waals surface area contributed by atoms with Crippen molar-refractivity contribution in [2.45, 2.75) is 279 Å². The number of anilines is 4. The molecular formula is C80H134B4N28O9. The SMILES string of the molecule is CCCC(C)Oc1nc(N)c2ncc(CN3CCC(NC)CC3)n2n1.CCCC(C)Oc1nc(N)c2ncc(CN3CCC(NC)CC3)n2n1.CN(C(=O)OC(C)(C)C)C1CCNCC1.[2H]N(C[B][B])c1nc(OC(C)CCC)nn2c(C=O)cnc12.[2H]N(C[B][B])c1nc(OC(C)CCC)nn2c(CN3CCC(N(C)C(=O)OC(C)(C)C)CC3)cnc12. The molecule has 12 rings (SSSR count). The number of hydrogen-bond acceptors (Lipinski definition) is 31. The van der Waals surface area contributed by atoms with E-state index in [2.05, 4.69) is 119 Å². The lowest BCUT2D eigenvalue weighted by Crippen LogP contribution is -2.46. The minimum absolute atomic E-state index is 0.0477. The highest BCUT2D eigenvalue weighted by atomic mass is 16.6. The lowest BCUT2D eigenvalue weighted by molar-refractivity contribution is 0.0146. The fourth-order valence-electron chi connectivity index (χ4n) is 14.4. The van der Waals surface area contributed by atoms with E-state index in [9.17, 15) is 14.4 Å². The summed E-state index contributed by atoms with van der Waals surface area (Å²) >= 11 is 0. The van der Waals surface area contributed by atoms with Crippen molar-refractivity contribution in [2.75, 3.05) is 116 Å². The molecule has 4 saturated heterocycles. The summed E-state index contributed by atoms with van der Waals surface area (Å²) in [4.78, 5) is 80.4. The first-order valence-corrected chi connectivity index (χ1v) is 43.1. The van der Waals surface area contributed by atoms with Gasteiger partial charge in [-0.15, -0.1) is 20.4 Å². The molecule has 0 aromatic carbocycles. The molecule has 9 N–H and O–H groups in total. The maximum absolute atomic E-state index is 12.4. The van der Waals surface area contributed by atoms with Crippen LogP contribution in [0.5, 0.6) is 24.0 Å². The second kappa shape index (κ2) is 48.0. The number of ether oxygens (including phenoxy) is 6. The van der Waals surface area contributed by atoms with Crippen molar-refractivity contribution in [3.05, 3.63) is 47.6 Å². The first kappa shape index (κ1) is 94.1. The molecule has 4 atom stereocenters. The van der Waals surface area contributed by atoms with Crippen LogP contribution >= 0.6 is 0 Å². The summed E-state index contributed by atoms with van der Waals surface area (Å²) in [5, 5.41) is 30.0. The number of nitrogens with one attached hydrogen (secondary N) is 5. The Hall–Kier alpha value is -9.17. The predicted octanol–water partition coefficient (Wildman–Crippen LogP) is 7.86. The number of aldehydes is 1. The molecule has 660 valence electrons. The van der Waals surface area contributed by atoms with E-state index in [0.717, 1.165) is 191 Å². The Morgan fingerprint density at radius 3 is 1.17 bits per heavy atom. The monoisotopic (exact) mass is 1680 g/mol. The average molecular weight is 1680 g/mol. The second-order valence-electron chi connectivity index (χ2n) is 33.4. The minimum Gasteiger partial charge on any atom is -0.459 e. The summed E-state index contributed by atoms with van der Waals surface area (Å²) in [6.45, 7) is 37.8. The average Bonchev–Trinajstić information content (AvgIpc) is 1.67. The molecule has 41 heteroatoms. The Labute approximate surface area is 721 Å². The number of nitrogens with two attached hydrogens (primary N) is 2. The number of piperidine rings is 4. The highest BCUT2D eigenvalue weighted by Gasteiger charge is 2.32. The third-order valence-electron chi connectivity index (χ3n) is 20.9. The zero-order chi connectivity index (χ0) is 89.7. The Morgan fingerprint density at radius 1 is 0.521 bits per heavy atom. The summed E-state index contributed by atoms with van der Waals surface area (Å²) in [7, 11) is 21.3. The van der Waals surface area contributed by atoms with E-state index in [1.54, 1.807) is 29.5 Å². The number of rotatable bonds is 33. The van der Waals surface area contributed by atoms with Gasteiger partial charge in [-0.05, 0) is 186 Å². The summed E-state index contributed by atoms with van der Waals surface area (Å²) in [6, 6.07) is 2.65. The maximum atomic E-state index is 12.4. The number of nitrogens with zero attached hydrogens (tertiary/aromatic N) is 21. The molecule has 6 radical (unpaired) electrons. The van der Waals surface area contributed by atoms with Gasteiger partial charge < -0.3 is 76.3 Å². The molecule has 121 heavy (non-hydrogen) atoms. The molecule has 12 heterocycles. The number of aromatic nitrogens is 16. The van der Waals surface area contributed by atoms with Crippen molar-refractivity contribution in [3.8, 4) is 24.0 Å². The molecule has 0 saturated carbocycles. The van der Waals surface area contributed by atoms with Crippen molar-refractivity contribution in [1.82, 2.24) is 119 Å². The van der Waals surface area contributed by atoms with Crippen LogP contribution in [0.15, 0.2) is 24.8 Å². The number of hydrogen-bond donors (Lipinski definition) is 7. The summed E-state index contributed by atoms with van der Waals surface area (Å²) in [5.41, 5.74) is 16.3.